The third kappa shape index (κ3) is 4.22. The summed E-state index contributed by atoms with van der Waals surface area (Å²) in [6.45, 7) is 2.67. The smallest absolute Gasteiger partial charge is 0.390 e. The lowest BCUT2D eigenvalue weighted by Crippen LogP contribution is -2.22. The fourth-order valence-corrected chi connectivity index (χ4v) is 2.34. The van der Waals surface area contributed by atoms with Crippen LogP contribution in [-0.4, -0.2) is 37.4 Å². The molecule has 0 saturated carbocycles. The molecule has 0 aliphatic rings. The molecule has 5 nitrogen and oxygen atoms in total. The summed E-state index contributed by atoms with van der Waals surface area (Å²) < 4.78 is 38.2. The summed E-state index contributed by atoms with van der Waals surface area (Å²) in [4.78, 5) is 10.7. The largest absolute Gasteiger partial charge is 0.435 e. The van der Waals surface area contributed by atoms with E-state index in [1.807, 2.05) is 0 Å². The monoisotopic (exact) mass is 312 g/mol. The van der Waals surface area contributed by atoms with Gasteiger partial charge in [-0.05, 0) is 13.3 Å². The van der Waals surface area contributed by atoms with Crippen LogP contribution in [0.15, 0.2) is 0 Å². The quantitative estimate of drug-likeness (QED) is 0.772. The van der Waals surface area contributed by atoms with Crippen LogP contribution in [0.2, 0.25) is 0 Å². The van der Waals surface area contributed by atoms with E-state index in [4.69, 9.17) is 0 Å². The number of carbonyl (C=O) groups is 1. The molecule has 3 N–H and O–H groups in total. The first kappa shape index (κ1) is 17.0. The van der Waals surface area contributed by atoms with E-state index in [1.165, 1.54) is 13.8 Å². The average Bonchev–Trinajstić information content (AvgIpc) is 2.69. The summed E-state index contributed by atoms with van der Waals surface area (Å²) in [7, 11) is 0. The molecule has 2 unspecified atom stereocenters. The van der Waals surface area contributed by atoms with Gasteiger partial charge in [0, 0.05) is 23.9 Å². The van der Waals surface area contributed by atoms with E-state index < -0.39 is 29.6 Å². The number of aromatic nitrogens is 2. The van der Waals surface area contributed by atoms with E-state index in [-0.39, 0.29) is 23.0 Å². The van der Waals surface area contributed by atoms with Gasteiger partial charge in [0.2, 0.25) is 0 Å². The van der Waals surface area contributed by atoms with Gasteiger partial charge in [0.05, 0.1) is 6.10 Å². The van der Waals surface area contributed by atoms with Crippen molar-refractivity contribution in [1.82, 2.24) is 10.2 Å². The number of nitrogens with one attached hydrogen (secondary N) is 1. The van der Waals surface area contributed by atoms with Gasteiger partial charge in [-0.15, -0.1) is 0 Å². The van der Waals surface area contributed by atoms with Crippen molar-refractivity contribution in [3.8, 4) is 0 Å². The highest BCUT2D eigenvalue weighted by molar-refractivity contribution is 8.13. The molecule has 0 saturated heterocycles. The summed E-state index contributed by atoms with van der Waals surface area (Å²) in [5.74, 6) is 0.214. The van der Waals surface area contributed by atoms with Gasteiger partial charge < -0.3 is 10.2 Å². The maximum atomic E-state index is 12.7. The maximum Gasteiger partial charge on any atom is 0.435 e. The molecule has 0 spiro atoms. The number of nitrogens with zero attached hydrogens (tertiary/aromatic N) is 1. The number of hydrogen-bond donors (Lipinski definition) is 3. The molecule has 114 valence electrons. The van der Waals surface area contributed by atoms with Gasteiger partial charge in [-0.25, -0.2) is 0 Å². The van der Waals surface area contributed by atoms with E-state index in [0.29, 0.717) is 0 Å². The van der Waals surface area contributed by atoms with Crippen molar-refractivity contribution in [3.05, 3.63) is 17.0 Å². The van der Waals surface area contributed by atoms with Gasteiger partial charge in [0.25, 0.3) is 0 Å². The molecule has 0 bridgehead atoms. The third-order valence-corrected chi connectivity index (χ3v) is 3.49. The summed E-state index contributed by atoms with van der Waals surface area (Å²) in [5, 5.41) is 24.7. The molecule has 0 amide bonds. The van der Waals surface area contributed by atoms with Crippen LogP contribution < -0.4 is 0 Å². The van der Waals surface area contributed by atoms with Crippen LogP contribution in [0.25, 0.3) is 0 Å². The number of aliphatic hydroxyl groups is 2. The van der Waals surface area contributed by atoms with Gasteiger partial charge in [-0.2, -0.15) is 18.3 Å². The molecular weight excluding hydrogens is 297 g/mol. The minimum absolute atomic E-state index is 0.00662. The molecule has 0 radical (unpaired) electrons. The summed E-state index contributed by atoms with van der Waals surface area (Å²) >= 11 is 0.933. The summed E-state index contributed by atoms with van der Waals surface area (Å²) in [5.41, 5.74) is -1.65. The average molecular weight is 312 g/mol. The van der Waals surface area contributed by atoms with Crippen LogP contribution in [0, 0.1) is 6.92 Å². The minimum atomic E-state index is -4.71. The van der Waals surface area contributed by atoms with Crippen molar-refractivity contribution >= 4 is 16.9 Å². The molecular formula is C11H15F3N2O3S. The Morgan fingerprint density at radius 2 is 2.05 bits per heavy atom. The van der Waals surface area contributed by atoms with Crippen molar-refractivity contribution < 1.29 is 28.2 Å². The normalized spacial score (nSPS) is 15.2. The van der Waals surface area contributed by atoms with E-state index in [9.17, 15) is 28.2 Å². The van der Waals surface area contributed by atoms with Gasteiger partial charge in [0.15, 0.2) is 10.8 Å². The van der Waals surface area contributed by atoms with Gasteiger partial charge in [0.1, 0.15) is 6.10 Å². The zero-order valence-electron chi connectivity index (χ0n) is 10.9. The molecule has 1 rings (SSSR count). The second-order valence-corrected chi connectivity index (χ2v) is 5.52. The first-order valence-electron chi connectivity index (χ1n) is 5.76. The van der Waals surface area contributed by atoms with Gasteiger partial charge >= 0.3 is 6.18 Å². The van der Waals surface area contributed by atoms with Crippen molar-refractivity contribution in [2.75, 3.05) is 5.75 Å². The second-order valence-electron chi connectivity index (χ2n) is 4.25. The van der Waals surface area contributed by atoms with E-state index in [0.717, 1.165) is 11.8 Å². The Balaban J connectivity index is 2.83. The number of hydrogen-bond acceptors (Lipinski definition) is 5. The minimum Gasteiger partial charge on any atom is -0.390 e. The SMILES string of the molecule is CC(=O)SCCC(O)C(O)c1c(C(F)(F)F)n[nH]c1C. The number of alkyl halides is 3. The van der Waals surface area contributed by atoms with Gasteiger partial charge in [-0.1, -0.05) is 11.8 Å². The molecule has 1 aromatic rings. The Morgan fingerprint density at radius 1 is 1.45 bits per heavy atom. The number of H-pyrrole nitrogens is 1. The Bertz CT molecular complexity index is 476. The number of halogens is 3. The molecule has 9 heteroatoms. The lowest BCUT2D eigenvalue weighted by atomic mass is 10.0. The highest BCUT2D eigenvalue weighted by Crippen LogP contribution is 2.36. The topological polar surface area (TPSA) is 86.2 Å². The van der Waals surface area contributed by atoms with Crippen LogP contribution in [0.5, 0.6) is 0 Å². The van der Waals surface area contributed by atoms with E-state index >= 15 is 0 Å². The Morgan fingerprint density at radius 3 is 2.55 bits per heavy atom. The Hall–Kier alpha value is -1.06. The third-order valence-electron chi connectivity index (χ3n) is 2.64. The van der Waals surface area contributed by atoms with Crippen molar-refractivity contribution in [2.45, 2.75) is 38.7 Å². The molecule has 1 aromatic heterocycles. The Labute approximate surface area is 117 Å². The van der Waals surface area contributed by atoms with Crippen LogP contribution in [-0.2, 0) is 11.0 Å². The van der Waals surface area contributed by atoms with Crippen LogP contribution >= 0.6 is 11.8 Å². The first-order valence-corrected chi connectivity index (χ1v) is 6.74. The zero-order valence-corrected chi connectivity index (χ0v) is 11.7. The summed E-state index contributed by atoms with van der Waals surface area (Å²) in [6.07, 6.45) is -7.83. The fraction of sp³-hybridized carbons (Fsp3) is 0.636. The summed E-state index contributed by atoms with van der Waals surface area (Å²) in [6, 6.07) is 0. The molecule has 2 atom stereocenters. The van der Waals surface area contributed by atoms with E-state index in [1.54, 1.807) is 0 Å². The van der Waals surface area contributed by atoms with E-state index in [2.05, 4.69) is 10.2 Å². The first-order chi connectivity index (χ1) is 9.14. The van der Waals surface area contributed by atoms with Crippen LogP contribution in [0.4, 0.5) is 13.2 Å². The fourth-order valence-electron chi connectivity index (χ4n) is 1.69. The predicted octanol–water partition coefficient (Wildman–Crippen LogP) is 1.80. The molecule has 0 aromatic carbocycles. The number of aryl methyl sites for hydroxylation is 1. The number of carbonyl (C=O) groups excluding carboxylic acids is 1. The predicted molar refractivity (Wildman–Crippen MR) is 67.0 cm³/mol. The Kier molecular flexibility index (Phi) is 5.60. The lowest BCUT2D eigenvalue weighted by Gasteiger charge is -2.19. The number of rotatable bonds is 5. The van der Waals surface area contributed by atoms with Gasteiger partial charge in [-0.3, -0.25) is 9.89 Å². The lowest BCUT2D eigenvalue weighted by molar-refractivity contribution is -0.143. The van der Waals surface area contributed by atoms with Crippen molar-refractivity contribution in [2.24, 2.45) is 0 Å². The van der Waals surface area contributed by atoms with Crippen molar-refractivity contribution in [1.29, 1.82) is 0 Å². The van der Waals surface area contributed by atoms with Crippen molar-refractivity contribution in [3.63, 3.8) is 0 Å². The molecule has 0 aliphatic heterocycles. The number of aliphatic hydroxyl groups excluding tert-OH is 2. The number of aromatic amines is 1. The van der Waals surface area contributed by atoms with Crippen LogP contribution in [0.3, 0.4) is 0 Å². The highest BCUT2D eigenvalue weighted by atomic mass is 32.2. The highest BCUT2D eigenvalue weighted by Gasteiger charge is 2.40. The van der Waals surface area contributed by atoms with Crippen LogP contribution in [0.1, 0.15) is 36.4 Å². The molecule has 0 fully saturated rings. The standard InChI is InChI=1S/C11H15F3N2O3S/c1-5-8(10(16-15-5)11(12,13)14)9(19)7(18)3-4-20-6(2)17/h7,9,18-19H,3-4H2,1-2H3,(H,15,16). The number of thioether (sulfide) groups is 1. The zero-order chi connectivity index (χ0) is 15.5. The molecule has 1 heterocycles. The second kappa shape index (κ2) is 6.59. The maximum absolute atomic E-state index is 12.7. The molecule has 0 aliphatic carbocycles. The molecule has 20 heavy (non-hydrogen) atoms.